The van der Waals surface area contributed by atoms with E-state index in [1.165, 1.54) is 12.1 Å². The number of aryl methyl sites for hydroxylation is 1. The molecule has 0 spiro atoms. The summed E-state index contributed by atoms with van der Waals surface area (Å²) in [7, 11) is 0. The predicted octanol–water partition coefficient (Wildman–Crippen LogP) is 4.89. The minimum absolute atomic E-state index is 0.0517. The van der Waals surface area contributed by atoms with Crippen molar-refractivity contribution in [1.29, 1.82) is 0 Å². The molecule has 0 bridgehead atoms. The van der Waals surface area contributed by atoms with E-state index in [0.29, 0.717) is 0 Å². The third-order valence-electron chi connectivity index (χ3n) is 2.91. The van der Waals surface area contributed by atoms with Gasteiger partial charge < -0.3 is 4.74 Å². The first-order chi connectivity index (χ1) is 10.7. The van der Waals surface area contributed by atoms with Gasteiger partial charge in [0, 0.05) is 5.56 Å². The lowest BCUT2D eigenvalue weighted by Gasteiger charge is -2.11. The second-order valence-corrected chi connectivity index (χ2v) is 4.81. The largest absolute Gasteiger partial charge is 0.422 e. The van der Waals surface area contributed by atoms with E-state index in [2.05, 4.69) is 0 Å². The number of alkyl halides is 3. The lowest BCUT2D eigenvalue weighted by molar-refractivity contribution is -0.0802. The van der Waals surface area contributed by atoms with E-state index < -0.39 is 23.7 Å². The molecule has 0 saturated carbocycles. The maximum Gasteiger partial charge on any atom is 0.413 e. The van der Waals surface area contributed by atoms with Gasteiger partial charge >= 0.3 is 12.1 Å². The van der Waals surface area contributed by atoms with Crippen molar-refractivity contribution in [2.45, 2.75) is 13.1 Å². The zero-order valence-corrected chi connectivity index (χ0v) is 12.0. The van der Waals surface area contributed by atoms with E-state index >= 15 is 0 Å². The summed E-state index contributed by atoms with van der Waals surface area (Å²) >= 11 is 0. The van der Waals surface area contributed by atoms with Gasteiger partial charge in [0.25, 0.3) is 0 Å². The van der Waals surface area contributed by atoms with Crippen LogP contribution in [0.3, 0.4) is 0 Å². The first-order valence-electron chi connectivity index (χ1n) is 6.59. The van der Waals surface area contributed by atoms with Crippen LogP contribution in [0.15, 0.2) is 54.6 Å². The number of rotatable bonds is 3. The Labute approximate surface area is 130 Å². The molecule has 2 rings (SSSR count). The third kappa shape index (κ3) is 4.95. The van der Waals surface area contributed by atoms with Crippen LogP contribution in [0.4, 0.5) is 17.6 Å². The van der Waals surface area contributed by atoms with E-state index in [1.54, 1.807) is 12.1 Å². The van der Waals surface area contributed by atoms with Gasteiger partial charge in [-0.15, -0.1) is 0 Å². The number of carbonyl (C=O) groups is 1. The van der Waals surface area contributed by atoms with Crippen molar-refractivity contribution in [3.05, 3.63) is 77.1 Å². The van der Waals surface area contributed by atoms with E-state index in [1.807, 2.05) is 6.92 Å². The molecule has 0 atom stereocenters. The summed E-state index contributed by atoms with van der Waals surface area (Å²) in [6.45, 7) is 1.81. The van der Waals surface area contributed by atoms with Crippen LogP contribution in [-0.4, -0.2) is 12.1 Å². The van der Waals surface area contributed by atoms with Gasteiger partial charge in [0.2, 0.25) is 0 Å². The number of benzene rings is 2. The molecular weight excluding hydrogens is 312 g/mol. The molecule has 2 aromatic carbocycles. The average molecular weight is 324 g/mol. The molecule has 120 valence electrons. The molecule has 0 N–H and O–H groups in total. The molecule has 0 unspecified atom stereocenters. The maximum atomic E-state index is 12.9. The monoisotopic (exact) mass is 324 g/mol. The second-order valence-electron chi connectivity index (χ2n) is 4.81. The number of halogens is 4. The minimum atomic E-state index is -4.68. The molecule has 0 amide bonds. The summed E-state index contributed by atoms with van der Waals surface area (Å²) in [6, 6.07) is 10.4. The number of hydrogen-bond acceptors (Lipinski definition) is 2. The zero-order chi connectivity index (χ0) is 17.0. The number of ether oxygens (including phenoxy) is 1. The molecule has 0 aromatic heterocycles. The summed E-state index contributed by atoms with van der Waals surface area (Å²) in [5.74, 6) is -2.22. The van der Waals surface area contributed by atoms with Gasteiger partial charge in [-0.1, -0.05) is 17.7 Å². The van der Waals surface area contributed by atoms with Crippen LogP contribution in [-0.2, 0) is 4.74 Å². The normalized spacial score (nSPS) is 12.1. The van der Waals surface area contributed by atoms with Crippen LogP contribution in [0, 0.1) is 12.7 Å². The smallest absolute Gasteiger partial charge is 0.413 e. The highest BCUT2D eigenvalue weighted by Gasteiger charge is 2.27. The molecule has 0 fully saturated rings. The van der Waals surface area contributed by atoms with Crippen molar-refractivity contribution in [1.82, 2.24) is 0 Å². The number of esters is 1. The van der Waals surface area contributed by atoms with Crippen LogP contribution in [0.5, 0.6) is 0 Å². The van der Waals surface area contributed by atoms with Crippen molar-refractivity contribution in [2.75, 3.05) is 0 Å². The fraction of sp³-hybridized carbons (Fsp3) is 0.118. The standard InChI is InChI=1S/C17H12F4O2/c1-11-2-4-13(5-3-11)16(22)23-15(10-17(19,20)21)12-6-8-14(18)9-7-12/h2-10H,1H3/b15-10+. The van der Waals surface area contributed by atoms with E-state index in [-0.39, 0.29) is 17.2 Å². The van der Waals surface area contributed by atoms with Gasteiger partial charge in [0.15, 0.2) is 0 Å². The van der Waals surface area contributed by atoms with Gasteiger partial charge in [-0.05, 0) is 43.3 Å². The predicted molar refractivity (Wildman–Crippen MR) is 77.0 cm³/mol. The molecule has 0 aliphatic heterocycles. The topological polar surface area (TPSA) is 26.3 Å². The fourth-order valence-corrected chi connectivity index (χ4v) is 1.78. The first kappa shape index (κ1) is 16.7. The molecule has 2 nitrogen and oxygen atoms in total. The Morgan fingerprint density at radius 2 is 1.48 bits per heavy atom. The van der Waals surface area contributed by atoms with Crippen molar-refractivity contribution in [3.8, 4) is 0 Å². The summed E-state index contributed by atoms with van der Waals surface area (Å²) in [5.41, 5.74) is 0.959. The SMILES string of the molecule is Cc1ccc(C(=O)O/C(=C/C(F)(F)F)c2ccc(F)cc2)cc1. The van der Waals surface area contributed by atoms with E-state index in [0.717, 1.165) is 29.8 Å². The van der Waals surface area contributed by atoms with Gasteiger partial charge in [-0.25, -0.2) is 9.18 Å². The molecule has 0 saturated heterocycles. The molecule has 0 aliphatic rings. The Morgan fingerprint density at radius 3 is 2.00 bits per heavy atom. The van der Waals surface area contributed by atoms with Gasteiger partial charge in [-0.3, -0.25) is 0 Å². The first-order valence-corrected chi connectivity index (χ1v) is 6.59. The zero-order valence-electron chi connectivity index (χ0n) is 12.0. The lowest BCUT2D eigenvalue weighted by atomic mass is 10.1. The highest BCUT2D eigenvalue weighted by atomic mass is 19.4. The summed E-state index contributed by atoms with van der Waals surface area (Å²) in [4.78, 5) is 12.0. The van der Waals surface area contributed by atoms with Gasteiger partial charge in [0.1, 0.15) is 11.6 Å². The van der Waals surface area contributed by atoms with Crippen molar-refractivity contribution < 1.29 is 27.1 Å². The summed E-state index contributed by atoms with van der Waals surface area (Å²) in [6.07, 6.45) is -4.82. The quantitative estimate of drug-likeness (QED) is 0.456. The van der Waals surface area contributed by atoms with Gasteiger partial charge in [-0.2, -0.15) is 13.2 Å². The molecule has 0 aliphatic carbocycles. The van der Waals surface area contributed by atoms with Crippen LogP contribution in [0.25, 0.3) is 5.76 Å². The highest BCUT2D eigenvalue weighted by Crippen LogP contribution is 2.26. The number of hydrogen-bond donors (Lipinski definition) is 0. The molecule has 23 heavy (non-hydrogen) atoms. The van der Waals surface area contributed by atoms with Crippen LogP contribution in [0.2, 0.25) is 0 Å². The molecular formula is C17H12F4O2. The Morgan fingerprint density at radius 1 is 0.957 bits per heavy atom. The van der Waals surface area contributed by atoms with Crippen molar-refractivity contribution in [2.24, 2.45) is 0 Å². The molecule has 0 heterocycles. The van der Waals surface area contributed by atoms with Crippen molar-refractivity contribution >= 4 is 11.7 Å². The Balaban J connectivity index is 2.31. The highest BCUT2D eigenvalue weighted by molar-refractivity contribution is 5.93. The molecule has 6 heteroatoms. The molecule has 0 radical (unpaired) electrons. The van der Waals surface area contributed by atoms with E-state index in [9.17, 15) is 22.4 Å². The maximum absolute atomic E-state index is 12.9. The third-order valence-corrected chi connectivity index (χ3v) is 2.91. The average Bonchev–Trinajstić information content (AvgIpc) is 2.46. The summed E-state index contributed by atoms with van der Waals surface area (Å²) < 4.78 is 55.7. The van der Waals surface area contributed by atoms with Crippen LogP contribution < -0.4 is 0 Å². The number of allylic oxidation sites excluding steroid dienone is 1. The fourth-order valence-electron chi connectivity index (χ4n) is 1.78. The summed E-state index contributed by atoms with van der Waals surface area (Å²) in [5, 5.41) is 0. The minimum Gasteiger partial charge on any atom is -0.422 e. The number of carbonyl (C=O) groups excluding carboxylic acids is 1. The Kier molecular flexibility index (Phi) is 4.83. The van der Waals surface area contributed by atoms with Crippen LogP contribution in [0.1, 0.15) is 21.5 Å². The Bertz CT molecular complexity index is 714. The van der Waals surface area contributed by atoms with Crippen LogP contribution >= 0.6 is 0 Å². The second kappa shape index (κ2) is 6.64. The van der Waals surface area contributed by atoms with Gasteiger partial charge in [0.05, 0.1) is 11.6 Å². The lowest BCUT2D eigenvalue weighted by Crippen LogP contribution is -2.09. The Hall–Kier alpha value is -2.63. The molecule has 2 aromatic rings. The van der Waals surface area contributed by atoms with E-state index in [4.69, 9.17) is 4.74 Å². The van der Waals surface area contributed by atoms with Crippen molar-refractivity contribution in [3.63, 3.8) is 0 Å².